The summed E-state index contributed by atoms with van der Waals surface area (Å²) in [5.74, 6) is 0.606. The molecular weight excluding hydrogens is 362 g/mol. The molecule has 1 aromatic heterocycles. The normalized spacial score (nSPS) is 9.96. The van der Waals surface area contributed by atoms with Crippen LogP contribution in [0.3, 0.4) is 0 Å². The van der Waals surface area contributed by atoms with Crippen LogP contribution >= 0.6 is 11.6 Å². The molecule has 132 valence electrons. The van der Waals surface area contributed by atoms with Crippen LogP contribution in [0.25, 0.3) is 0 Å². The quantitative estimate of drug-likeness (QED) is 0.696. The van der Waals surface area contributed by atoms with Crippen molar-refractivity contribution in [1.82, 2.24) is 15.2 Å². The van der Waals surface area contributed by atoms with Crippen molar-refractivity contribution >= 4 is 34.7 Å². The van der Waals surface area contributed by atoms with Crippen molar-refractivity contribution in [2.24, 2.45) is 0 Å². The van der Waals surface area contributed by atoms with Gasteiger partial charge in [0.25, 0.3) is 0 Å². The Kier molecular flexibility index (Phi) is 5.16. The number of aryl methyl sites for hydroxylation is 2. The Balaban J connectivity index is 1.87. The van der Waals surface area contributed by atoms with Gasteiger partial charge in [-0.3, -0.25) is 0 Å². The molecule has 0 atom stereocenters. The lowest BCUT2D eigenvalue weighted by Crippen LogP contribution is -2.05. The van der Waals surface area contributed by atoms with E-state index >= 15 is 0 Å². The third-order valence-electron chi connectivity index (χ3n) is 3.82. The summed E-state index contributed by atoms with van der Waals surface area (Å²) in [5, 5.41) is 32.1. The third-order valence-corrected chi connectivity index (χ3v) is 4.08. The van der Waals surface area contributed by atoms with E-state index in [1.807, 2.05) is 13.8 Å². The van der Waals surface area contributed by atoms with Crippen molar-refractivity contribution in [3.8, 4) is 12.1 Å². The fourth-order valence-corrected chi connectivity index (χ4v) is 2.67. The van der Waals surface area contributed by atoms with Gasteiger partial charge >= 0.3 is 0 Å². The number of benzene rings is 2. The number of nitrogens with zero attached hydrogens (tertiary/aromatic N) is 5. The molecule has 0 amide bonds. The summed E-state index contributed by atoms with van der Waals surface area (Å²) in [7, 11) is 0. The Morgan fingerprint density at radius 3 is 2.11 bits per heavy atom. The molecule has 7 nitrogen and oxygen atoms in total. The lowest BCUT2D eigenvalue weighted by atomic mass is 10.1. The van der Waals surface area contributed by atoms with E-state index in [4.69, 9.17) is 22.1 Å². The number of nitrogens with one attached hydrogen (secondary N) is 2. The number of nitriles is 2. The summed E-state index contributed by atoms with van der Waals surface area (Å²) in [6.45, 7) is 3.80. The minimum Gasteiger partial charge on any atom is -0.337 e. The molecule has 1 heterocycles. The molecule has 2 N–H and O–H groups in total. The van der Waals surface area contributed by atoms with E-state index in [9.17, 15) is 0 Å². The van der Waals surface area contributed by atoms with E-state index in [-0.39, 0.29) is 11.1 Å². The summed E-state index contributed by atoms with van der Waals surface area (Å²) in [6, 6.07) is 14.6. The topological polar surface area (TPSA) is 110 Å². The molecule has 0 aliphatic carbocycles. The van der Waals surface area contributed by atoms with Gasteiger partial charge in [0.15, 0.2) is 11.0 Å². The van der Waals surface area contributed by atoms with Crippen LogP contribution in [-0.2, 0) is 0 Å². The van der Waals surface area contributed by atoms with Gasteiger partial charge in [-0.25, -0.2) is 0 Å². The Hall–Kier alpha value is -3.68. The summed E-state index contributed by atoms with van der Waals surface area (Å²) < 4.78 is 0. The Morgan fingerprint density at radius 2 is 1.52 bits per heavy atom. The second-order valence-corrected chi connectivity index (χ2v) is 6.17. The molecule has 0 radical (unpaired) electrons. The van der Waals surface area contributed by atoms with Crippen molar-refractivity contribution < 1.29 is 0 Å². The van der Waals surface area contributed by atoms with Crippen molar-refractivity contribution in [2.45, 2.75) is 13.8 Å². The van der Waals surface area contributed by atoms with Crippen LogP contribution in [0, 0.1) is 36.5 Å². The van der Waals surface area contributed by atoms with Crippen molar-refractivity contribution in [2.75, 3.05) is 10.6 Å². The zero-order valence-electron chi connectivity index (χ0n) is 14.6. The van der Waals surface area contributed by atoms with Gasteiger partial charge in [0.05, 0.1) is 23.3 Å². The van der Waals surface area contributed by atoms with Crippen LogP contribution in [0.5, 0.6) is 0 Å². The maximum absolute atomic E-state index is 9.06. The average Bonchev–Trinajstić information content (AvgIpc) is 2.67. The number of aromatic nitrogens is 3. The lowest BCUT2D eigenvalue weighted by Gasteiger charge is -2.13. The molecule has 0 unspecified atom stereocenters. The predicted molar refractivity (Wildman–Crippen MR) is 103 cm³/mol. The Bertz CT molecular complexity index is 1060. The number of anilines is 4. The van der Waals surface area contributed by atoms with Crippen molar-refractivity contribution in [3.05, 3.63) is 63.8 Å². The van der Waals surface area contributed by atoms with Gasteiger partial charge in [-0.05, 0) is 61.4 Å². The molecule has 3 aromatic rings. The molecule has 27 heavy (non-hydrogen) atoms. The minimum absolute atomic E-state index is 0.123. The fourth-order valence-electron chi connectivity index (χ4n) is 2.55. The van der Waals surface area contributed by atoms with Gasteiger partial charge < -0.3 is 10.6 Å². The summed E-state index contributed by atoms with van der Waals surface area (Å²) in [4.78, 5) is 4.37. The maximum Gasteiger partial charge on any atom is 0.249 e. The van der Waals surface area contributed by atoms with Gasteiger partial charge in [-0.15, -0.1) is 10.2 Å². The molecule has 0 saturated carbocycles. The third kappa shape index (κ3) is 4.12. The van der Waals surface area contributed by atoms with Gasteiger partial charge in [-0.1, -0.05) is 11.6 Å². The Morgan fingerprint density at radius 1 is 0.889 bits per heavy atom. The van der Waals surface area contributed by atoms with Crippen LogP contribution in [-0.4, -0.2) is 15.2 Å². The van der Waals surface area contributed by atoms with E-state index in [0.717, 1.165) is 16.8 Å². The first-order chi connectivity index (χ1) is 13.0. The van der Waals surface area contributed by atoms with Crippen LogP contribution in [0.2, 0.25) is 5.15 Å². The molecular formula is C19H14ClN7. The summed E-state index contributed by atoms with van der Waals surface area (Å²) in [6.07, 6.45) is 0. The second-order valence-electron chi connectivity index (χ2n) is 5.81. The van der Waals surface area contributed by atoms with Crippen molar-refractivity contribution in [1.29, 1.82) is 10.5 Å². The molecule has 0 aliphatic heterocycles. The standard InChI is InChI=1S/C19H14ClN7/c1-11-7-14(10-22)8-12(2)16(11)24-19-25-18(17(20)26-27-19)23-15-5-3-13(9-21)4-6-15/h3-8H,1-2H3,(H2,23,24,25,27). The van der Waals surface area contributed by atoms with Crippen molar-refractivity contribution in [3.63, 3.8) is 0 Å². The number of hydrogen-bond acceptors (Lipinski definition) is 7. The van der Waals surface area contributed by atoms with Gasteiger partial charge in [0.2, 0.25) is 5.95 Å². The highest BCUT2D eigenvalue weighted by atomic mass is 35.5. The smallest absolute Gasteiger partial charge is 0.249 e. The zero-order chi connectivity index (χ0) is 19.4. The maximum atomic E-state index is 9.06. The molecule has 0 bridgehead atoms. The van der Waals surface area contributed by atoms with Crippen LogP contribution in [0.15, 0.2) is 36.4 Å². The highest BCUT2D eigenvalue weighted by Gasteiger charge is 2.11. The molecule has 0 aliphatic rings. The first-order valence-corrected chi connectivity index (χ1v) is 8.33. The number of hydrogen-bond donors (Lipinski definition) is 2. The molecule has 0 spiro atoms. The van der Waals surface area contributed by atoms with E-state index < -0.39 is 0 Å². The second kappa shape index (κ2) is 7.69. The van der Waals surface area contributed by atoms with E-state index in [1.54, 1.807) is 36.4 Å². The Labute approximate surface area is 161 Å². The van der Waals surface area contributed by atoms with Crippen LogP contribution in [0.1, 0.15) is 22.3 Å². The lowest BCUT2D eigenvalue weighted by molar-refractivity contribution is 0.981. The first-order valence-electron chi connectivity index (χ1n) is 7.96. The molecule has 0 saturated heterocycles. The molecule has 8 heteroatoms. The number of rotatable bonds is 4. The monoisotopic (exact) mass is 375 g/mol. The molecule has 0 fully saturated rings. The number of halogens is 1. The molecule has 3 rings (SSSR count). The van der Waals surface area contributed by atoms with E-state index in [0.29, 0.717) is 22.6 Å². The average molecular weight is 376 g/mol. The van der Waals surface area contributed by atoms with Gasteiger partial charge in [0.1, 0.15) is 0 Å². The largest absolute Gasteiger partial charge is 0.337 e. The van der Waals surface area contributed by atoms with E-state index in [1.165, 1.54) is 0 Å². The highest BCUT2D eigenvalue weighted by Crippen LogP contribution is 2.27. The summed E-state index contributed by atoms with van der Waals surface area (Å²) in [5.41, 5.74) is 4.46. The SMILES string of the molecule is Cc1cc(C#N)cc(C)c1Nc1nnc(Cl)c(Nc2ccc(C#N)cc2)n1. The van der Waals surface area contributed by atoms with Gasteiger partial charge in [0, 0.05) is 11.4 Å². The predicted octanol–water partition coefficient (Wildman–Crippen LogP) is 4.37. The summed E-state index contributed by atoms with van der Waals surface area (Å²) >= 11 is 6.09. The zero-order valence-corrected chi connectivity index (χ0v) is 15.3. The van der Waals surface area contributed by atoms with Gasteiger partial charge in [-0.2, -0.15) is 15.5 Å². The minimum atomic E-state index is 0.123. The van der Waals surface area contributed by atoms with E-state index in [2.05, 4.69) is 38.0 Å². The van der Waals surface area contributed by atoms with Crippen LogP contribution < -0.4 is 10.6 Å². The first kappa shape index (κ1) is 18.1. The molecule has 2 aromatic carbocycles. The van der Waals surface area contributed by atoms with Crippen LogP contribution in [0.4, 0.5) is 23.1 Å². The highest BCUT2D eigenvalue weighted by molar-refractivity contribution is 6.31. The fraction of sp³-hybridized carbons (Fsp3) is 0.105.